The van der Waals surface area contributed by atoms with Crippen molar-refractivity contribution in [2.45, 2.75) is 19.8 Å². The molecule has 39 heavy (non-hydrogen) atoms. The largest absolute Gasteiger partial charge is 0.500 e. The predicted octanol–water partition coefficient (Wildman–Crippen LogP) is 4.47. The van der Waals surface area contributed by atoms with Crippen LogP contribution in [0.25, 0.3) is 22.5 Å². The van der Waals surface area contributed by atoms with E-state index in [1.54, 1.807) is 0 Å². The number of aromatic hydroxyl groups is 1. The predicted molar refractivity (Wildman–Crippen MR) is 145 cm³/mol. The van der Waals surface area contributed by atoms with Gasteiger partial charge in [0.05, 0.1) is 34.5 Å². The van der Waals surface area contributed by atoms with Gasteiger partial charge in [0.15, 0.2) is 5.75 Å². The van der Waals surface area contributed by atoms with Crippen LogP contribution in [-0.2, 0) is 0 Å². The first kappa shape index (κ1) is 25.3. The number of nitro benzene ring substituents is 1. The minimum Gasteiger partial charge on any atom is -0.500 e. The van der Waals surface area contributed by atoms with E-state index in [0.717, 1.165) is 17.2 Å². The van der Waals surface area contributed by atoms with Crippen LogP contribution in [0.3, 0.4) is 0 Å². The monoisotopic (exact) mass is 527 g/mol. The highest BCUT2D eigenvalue weighted by atomic mass is 16.6. The maximum Gasteiger partial charge on any atom is 0.314 e. The molecule has 0 saturated heterocycles. The molecule has 0 aliphatic carbocycles. The Bertz CT molecular complexity index is 1690. The standard InChI is InChI=1S/C28H25N5O6/c1-14-4-8-16(9-5-14)24-22(27(35)31-29-24)21(18-12-19(33(37)38)26(34)20(13-18)39-3)23-25(30-32-28(23)36)17-10-6-15(2)7-11-17/h4-13,21,34H,1-3H3,(H2,29,31,35)(H2,30,32,36). The van der Waals surface area contributed by atoms with Gasteiger partial charge in [-0.3, -0.25) is 40.1 Å². The summed E-state index contributed by atoms with van der Waals surface area (Å²) in [5.74, 6) is -1.93. The molecule has 2 heterocycles. The second kappa shape index (κ2) is 9.86. The zero-order chi connectivity index (χ0) is 27.8. The Balaban J connectivity index is 1.87. The number of aromatic amines is 4. The molecule has 11 heteroatoms. The molecule has 0 amide bonds. The minimum atomic E-state index is -1.10. The molecule has 0 fully saturated rings. The average molecular weight is 528 g/mol. The van der Waals surface area contributed by atoms with Crippen molar-refractivity contribution in [3.05, 3.63) is 119 Å². The summed E-state index contributed by atoms with van der Waals surface area (Å²) < 4.78 is 5.24. The van der Waals surface area contributed by atoms with E-state index >= 15 is 0 Å². The van der Waals surface area contributed by atoms with E-state index in [4.69, 9.17) is 4.74 Å². The molecule has 0 bridgehead atoms. The van der Waals surface area contributed by atoms with Crippen molar-refractivity contribution in [1.82, 2.24) is 20.4 Å². The third kappa shape index (κ3) is 4.50. The quantitative estimate of drug-likeness (QED) is 0.154. The first-order valence-electron chi connectivity index (χ1n) is 12.0. The summed E-state index contributed by atoms with van der Waals surface area (Å²) in [4.78, 5) is 37.9. The van der Waals surface area contributed by atoms with Crippen molar-refractivity contribution in [3.63, 3.8) is 0 Å². The van der Waals surface area contributed by atoms with Gasteiger partial charge in [0.25, 0.3) is 11.1 Å². The van der Waals surface area contributed by atoms with Crippen LogP contribution in [0.5, 0.6) is 11.5 Å². The number of nitro groups is 1. The summed E-state index contributed by atoms with van der Waals surface area (Å²) in [7, 11) is 1.26. The summed E-state index contributed by atoms with van der Waals surface area (Å²) in [5, 5.41) is 33.3. The topological polar surface area (TPSA) is 170 Å². The van der Waals surface area contributed by atoms with E-state index < -0.39 is 33.4 Å². The van der Waals surface area contributed by atoms with Crippen LogP contribution in [0.4, 0.5) is 5.69 Å². The maximum atomic E-state index is 13.4. The molecular weight excluding hydrogens is 502 g/mol. The highest BCUT2D eigenvalue weighted by Gasteiger charge is 2.34. The van der Waals surface area contributed by atoms with Crippen LogP contribution in [-0.4, -0.2) is 37.5 Å². The SMILES string of the molecule is COc1cc(C(c2c(-c3ccc(C)cc3)[nH][nH]c2=O)c2c(-c3ccc(C)cc3)[nH][nH]c2=O)cc([N+](=O)[O-])c1O. The molecule has 0 aliphatic heterocycles. The van der Waals surface area contributed by atoms with Gasteiger partial charge in [0.1, 0.15) is 0 Å². The second-order valence-corrected chi connectivity index (χ2v) is 9.25. The van der Waals surface area contributed by atoms with Crippen LogP contribution in [0.15, 0.2) is 70.3 Å². The number of H-pyrrole nitrogens is 4. The van der Waals surface area contributed by atoms with Crippen molar-refractivity contribution >= 4 is 5.69 Å². The van der Waals surface area contributed by atoms with Gasteiger partial charge in [0.2, 0.25) is 5.75 Å². The Labute approximate surface area is 221 Å². The molecule has 0 radical (unpaired) electrons. The van der Waals surface area contributed by atoms with Crippen LogP contribution in [0, 0.1) is 24.0 Å². The zero-order valence-electron chi connectivity index (χ0n) is 21.3. The van der Waals surface area contributed by atoms with Crippen LogP contribution in [0.1, 0.15) is 33.7 Å². The molecule has 11 nitrogen and oxygen atoms in total. The Morgan fingerprint density at radius 2 is 1.26 bits per heavy atom. The fourth-order valence-corrected chi connectivity index (χ4v) is 4.73. The third-order valence-electron chi connectivity index (χ3n) is 6.71. The second-order valence-electron chi connectivity index (χ2n) is 9.25. The van der Waals surface area contributed by atoms with Crippen LogP contribution >= 0.6 is 0 Å². The Morgan fingerprint density at radius 3 is 1.67 bits per heavy atom. The lowest BCUT2D eigenvalue weighted by Crippen LogP contribution is -2.20. The number of nitrogens with zero attached hydrogens (tertiary/aromatic N) is 1. The number of aromatic nitrogens is 4. The van der Waals surface area contributed by atoms with E-state index in [1.165, 1.54) is 13.2 Å². The molecular formula is C28H25N5O6. The number of benzene rings is 3. The Hall–Kier alpha value is -5.32. The van der Waals surface area contributed by atoms with Crippen LogP contribution < -0.4 is 15.9 Å². The molecule has 0 aliphatic rings. The molecule has 3 aromatic carbocycles. The molecule has 0 saturated carbocycles. The van der Waals surface area contributed by atoms with Gasteiger partial charge in [0, 0.05) is 12.0 Å². The Morgan fingerprint density at radius 1 is 0.795 bits per heavy atom. The van der Waals surface area contributed by atoms with Crippen molar-refractivity contribution in [1.29, 1.82) is 0 Å². The third-order valence-corrected chi connectivity index (χ3v) is 6.71. The van der Waals surface area contributed by atoms with Crippen molar-refractivity contribution in [3.8, 4) is 34.0 Å². The number of phenols is 1. The van der Waals surface area contributed by atoms with Gasteiger partial charge >= 0.3 is 5.69 Å². The van der Waals surface area contributed by atoms with Gasteiger partial charge in [-0.15, -0.1) is 0 Å². The number of nitrogens with one attached hydrogen (secondary N) is 4. The van der Waals surface area contributed by atoms with Gasteiger partial charge in [-0.2, -0.15) is 0 Å². The number of methoxy groups -OCH3 is 1. The van der Waals surface area contributed by atoms with Gasteiger partial charge in [-0.25, -0.2) is 0 Å². The maximum absolute atomic E-state index is 13.4. The van der Waals surface area contributed by atoms with Gasteiger partial charge in [-0.05, 0) is 36.6 Å². The number of aryl methyl sites for hydroxylation is 2. The van der Waals surface area contributed by atoms with Gasteiger partial charge in [-0.1, -0.05) is 59.7 Å². The van der Waals surface area contributed by atoms with Crippen molar-refractivity contribution < 1.29 is 14.8 Å². The van der Waals surface area contributed by atoms with Crippen molar-refractivity contribution in [2.24, 2.45) is 0 Å². The summed E-state index contributed by atoms with van der Waals surface area (Å²) in [6, 6.07) is 17.4. The molecule has 0 spiro atoms. The lowest BCUT2D eigenvalue weighted by Gasteiger charge is -2.19. The Kier molecular flexibility index (Phi) is 6.40. The molecule has 0 unspecified atom stereocenters. The number of phenolic OH excluding ortho intramolecular Hbond substituents is 1. The molecule has 0 atom stereocenters. The van der Waals surface area contributed by atoms with Gasteiger partial charge < -0.3 is 9.84 Å². The minimum absolute atomic E-state index is 0.166. The van der Waals surface area contributed by atoms with E-state index in [1.807, 2.05) is 62.4 Å². The zero-order valence-corrected chi connectivity index (χ0v) is 21.3. The number of ether oxygens (including phenoxy) is 1. The number of rotatable bonds is 7. The number of hydrogen-bond acceptors (Lipinski definition) is 6. The van der Waals surface area contributed by atoms with Crippen LogP contribution in [0.2, 0.25) is 0 Å². The van der Waals surface area contributed by atoms with E-state index in [9.17, 15) is 24.8 Å². The van der Waals surface area contributed by atoms with E-state index in [2.05, 4.69) is 20.4 Å². The molecule has 198 valence electrons. The lowest BCUT2D eigenvalue weighted by atomic mass is 9.82. The number of hydrogen-bond donors (Lipinski definition) is 5. The lowest BCUT2D eigenvalue weighted by molar-refractivity contribution is -0.386. The molecule has 5 rings (SSSR count). The molecule has 2 aromatic heterocycles. The fraction of sp³-hybridized carbons (Fsp3) is 0.143. The van der Waals surface area contributed by atoms with Crippen molar-refractivity contribution in [2.75, 3.05) is 7.11 Å². The molecule has 5 N–H and O–H groups in total. The summed E-state index contributed by atoms with van der Waals surface area (Å²) in [6.07, 6.45) is 0. The highest BCUT2D eigenvalue weighted by molar-refractivity contribution is 5.72. The molecule has 5 aromatic rings. The summed E-state index contributed by atoms with van der Waals surface area (Å²) in [5.41, 5.74) is 3.07. The fourth-order valence-electron chi connectivity index (χ4n) is 4.73. The van der Waals surface area contributed by atoms with E-state index in [-0.39, 0.29) is 22.4 Å². The average Bonchev–Trinajstić information content (AvgIpc) is 3.48. The summed E-state index contributed by atoms with van der Waals surface area (Å²) >= 11 is 0. The smallest absolute Gasteiger partial charge is 0.314 e. The first-order chi connectivity index (χ1) is 18.7. The highest BCUT2D eigenvalue weighted by Crippen LogP contribution is 2.44. The normalized spacial score (nSPS) is 11.2. The van der Waals surface area contributed by atoms with E-state index in [0.29, 0.717) is 22.5 Å². The summed E-state index contributed by atoms with van der Waals surface area (Å²) in [6.45, 7) is 3.87. The first-order valence-corrected chi connectivity index (χ1v) is 12.0.